The summed E-state index contributed by atoms with van der Waals surface area (Å²) in [6, 6.07) is 14.1. The Bertz CT molecular complexity index is 1180. The Morgan fingerprint density at radius 2 is 1.90 bits per heavy atom. The molecule has 31 heavy (non-hydrogen) atoms. The summed E-state index contributed by atoms with van der Waals surface area (Å²) in [5, 5.41) is 7.24. The molecule has 5 rings (SSSR count). The quantitative estimate of drug-likeness (QED) is 0.534. The number of hydrogen-bond donors (Lipinski definition) is 1. The summed E-state index contributed by atoms with van der Waals surface area (Å²) in [5.41, 5.74) is 2.87. The summed E-state index contributed by atoms with van der Waals surface area (Å²) in [6.45, 7) is 5.94. The van der Waals surface area contributed by atoms with Crippen molar-refractivity contribution in [3.8, 4) is 11.6 Å². The Morgan fingerprint density at radius 3 is 2.61 bits per heavy atom. The molecular weight excluding hydrogens is 394 g/mol. The van der Waals surface area contributed by atoms with E-state index in [1.807, 2.05) is 12.1 Å². The van der Waals surface area contributed by atoms with Crippen LogP contribution in [0.5, 0.6) is 0 Å². The number of hydrogen-bond acceptors (Lipinski definition) is 7. The highest BCUT2D eigenvalue weighted by Gasteiger charge is 2.21. The van der Waals surface area contributed by atoms with E-state index in [9.17, 15) is 4.79 Å². The highest BCUT2D eigenvalue weighted by molar-refractivity contribution is 5.87. The average molecular weight is 417 g/mol. The van der Waals surface area contributed by atoms with Crippen molar-refractivity contribution in [3.05, 3.63) is 60.5 Å². The summed E-state index contributed by atoms with van der Waals surface area (Å²) in [7, 11) is 0. The fourth-order valence-electron chi connectivity index (χ4n) is 3.83. The van der Waals surface area contributed by atoms with Gasteiger partial charge >= 0.3 is 0 Å². The average Bonchev–Trinajstić information content (AvgIpc) is 3.47. The molecule has 1 aliphatic heterocycles. The van der Waals surface area contributed by atoms with E-state index in [2.05, 4.69) is 54.4 Å². The monoisotopic (exact) mass is 417 g/mol. The first-order chi connectivity index (χ1) is 15.2. The van der Waals surface area contributed by atoms with Crippen LogP contribution in [-0.2, 0) is 11.3 Å². The summed E-state index contributed by atoms with van der Waals surface area (Å²) in [6.07, 6.45) is 3.35. The van der Waals surface area contributed by atoms with Crippen LogP contribution in [0.2, 0.25) is 0 Å². The summed E-state index contributed by atoms with van der Waals surface area (Å²) >= 11 is 0. The number of piperazine rings is 1. The Hall–Kier alpha value is -3.72. The number of anilines is 2. The first kappa shape index (κ1) is 19.3. The number of fused-ring (bicyclic) bond motifs is 1. The minimum Gasteiger partial charge on any atom is -0.461 e. The van der Waals surface area contributed by atoms with Gasteiger partial charge < -0.3 is 9.32 Å². The largest absolute Gasteiger partial charge is 0.461 e. The Balaban J connectivity index is 1.39. The van der Waals surface area contributed by atoms with Crippen LogP contribution in [-0.4, -0.2) is 56.6 Å². The van der Waals surface area contributed by atoms with E-state index in [0.717, 1.165) is 31.7 Å². The van der Waals surface area contributed by atoms with Crippen molar-refractivity contribution < 1.29 is 9.21 Å². The second kappa shape index (κ2) is 8.19. The van der Waals surface area contributed by atoms with Gasteiger partial charge in [0, 0.05) is 57.1 Å². The van der Waals surface area contributed by atoms with Crippen LogP contribution in [0.1, 0.15) is 12.5 Å². The number of furan rings is 1. The molecule has 0 radical (unpaired) electrons. The summed E-state index contributed by atoms with van der Waals surface area (Å²) in [4.78, 5) is 25.5. The summed E-state index contributed by atoms with van der Waals surface area (Å²) < 4.78 is 7.03. The van der Waals surface area contributed by atoms with Gasteiger partial charge in [0.2, 0.25) is 17.7 Å². The Labute approximate surface area is 179 Å². The molecule has 1 amide bonds. The molecule has 9 nitrogen and oxygen atoms in total. The molecule has 0 spiro atoms. The lowest BCUT2D eigenvalue weighted by Crippen LogP contribution is -2.46. The number of nitrogens with zero attached hydrogens (tertiary/aromatic N) is 6. The van der Waals surface area contributed by atoms with E-state index in [4.69, 9.17) is 4.42 Å². The van der Waals surface area contributed by atoms with Crippen LogP contribution in [0.4, 0.5) is 11.6 Å². The van der Waals surface area contributed by atoms with Crippen molar-refractivity contribution >= 4 is 23.2 Å². The maximum atomic E-state index is 11.6. The number of para-hydroxylation sites is 1. The molecular formula is C22H23N7O2. The van der Waals surface area contributed by atoms with Gasteiger partial charge in [-0.1, -0.05) is 18.2 Å². The molecule has 1 N–H and O–H groups in total. The molecule has 0 bridgehead atoms. The van der Waals surface area contributed by atoms with Gasteiger partial charge in [0.1, 0.15) is 0 Å². The van der Waals surface area contributed by atoms with Gasteiger partial charge in [0.15, 0.2) is 11.4 Å². The molecule has 1 aromatic carbocycles. The number of nitrogens with one attached hydrogen (secondary N) is 1. The van der Waals surface area contributed by atoms with Crippen LogP contribution in [0.3, 0.4) is 0 Å². The molecule has 3 aromatic heterocycles. The minimum atomic E-state index is -0.214. The van der Waals surface area contributed by atoms with Crippen molar-refractivity contribution in [2.24, 2.45) is 0 Å². The zero-order chi connectivity index (χ0) is 21.2. The number of carbonyl (C=O) groups excluding carboxylic acids is 1. The third kappa shape index (κ3) is 3.99. The van der Waals surface area contributed by atoms with Gasteiger partial charge in [-0.15, -0.1) is 5.10 Å². The molecule has 9 heteroatoms. The van der Waals surface area contributed by atoms with E-state index < -0.39 is 0 Å². The molecule has 1 fully saturated rings. The topological polar surface area (TPSA) is 91.8 Å². The molecule has 1 saturated heterocycles. The maximum Gasteiger partial charge on any atom is 0.232 e. The number of aromatic nitrogens is 4. The first-order valence-electron chi connectivity index (χ1n) is 10.3. The number of benzene rings is 1. The van der Waals surface area contributed by atoms with Crippen LogP contribution < -0.4 is 10.2 Å². The second-order valence-corrected chi connectivity index (χ2v) is 7.54. The third-order valence-corrected chi connectivity index (χ3v) is 5.35. The SMILES string of the molecule is CC(=O)Nc1ncc(CN2CCN(c3ccccc3)CC2)c2nc(-c3ccco3)nn12. The standard InChI is InChI=1S/C22H23N7O2/c1-16(30)24-22-23-14-17(21-25-20(26-29(21)22)19-8-5-13-31-19)15-27-9-11-28(12-10-27)18-6-3-2-4-7-18/h2-8,13-14H,9-12,15H2,1H3,(H,23,24,30). The van der Waals surface area contributed by atoms with E-state index in [-0.39, 0.29) is 5.91 Å². The lowest BCUT2D eigenvalue weighted by atomic mass is 10.2. The molecule has 158 valence electrons. The third-order valence-electron chi connectivity index (χ3n) is 5.35. The molecule has 4 aromatic rings. The number of carbonyl (C=O) groups is 1. The normalized spacial score (nSPS) is 14.8. The smallest absolute Gasteiger partial charge is 0.232 e. The van der Waals surface area contributed by atoms with Crippen molar-refractivity contribution in [2.45, 2.75) is 13.5 Å². The van der Waals surface area contributed by atoms with Crippen molar-refractivity contribution in [3.63, 3.8) is 0 Å². The zero-order valence-electron chi connectivity index (χ0n) is 17.2. The van der Waals surface area contributed by atoms with Crippen molar-refractivity contribution in [2.75, 3.05) is 36.4 Å². The highest BCUT2D eigenvalue weighted by atomic mass is 16.3. The van der Waals surface area contributed by atoms with Gasteiger partial charge in [0.25, 0.3) is 0 Å². The molecule has 0 atom stereocenters. The van der Waals surface area contributed by atoms with E-state index in [1.54, 1.807) is 23.0 Å². The van der Waals surface area contributed by atoms with Gasteiger partial charge in [-0.3, -0.25) is 15.0 Å². The predicted molar refractivity (Wildman–Crippen MR) is 117 cm³/mol. The zero-order valence-corrected chi connectivity index (χ0v) is 17.2. The maximum absolute atomic E-state index is 11.6. The fourth-order valence-corrected chi connectivity index (χ4v) is 3.83. The van der Waals surface area contributed by atoms with E-state index >= 15 is 0 Å². The predicted octanol–water partition coefficient (Wildman–Crippen LogP) is 2.66. The van der Waals surface area contributed by atoms with Gasteiger partial charge in [-0.25, -0.2) is 9.97 Å². The number of rotatable bonds is 5. The molecule has 0 saturated carbocycles. The van der Waals surface area contributed by atoms with Crippen LogP contribution in [0.25, 0.3) is 17.2 Å². The molecule has 0 unspecified atom stereocenters. The van der Waals surface area contributed by atoms with E-state index in [0.29, 0.717) is 29.7 Å². The highest BCUT2D eigenvalue weighted by Crippen LogP contribution is 2.22. The first-order valence-corrected chi connectivity index (χ1v) is 10.3. The van der Waals surface area contributed by atoms with Gasteiger partial charge in [-0.05, 0) is 24.3 Å². The van der Waals surface area contributed by atoms with Gasteiger partial charge in [0.05, 0.1) is 6.26 Å². The molecule has 4 heterocycles. The van der Waals surface area contributed by atoms with Crippen molar-refractivity contribution in [1.82, 2.24) is 24.5 Å². The Morgan fingerprint density at radius 1 is 1.10 bits per heavy atom. The van der Waals surface area contributed by atoms with Gasteiger partial charge in [-0.2, -0.15) is 4.52 Å². The van der Waals surface area contributed by atoms with E-state index in [1.165, 1.54) is 12.6 Å². The molecule has 0 aliphatic carbocycles. The summed E-state index contributed by atoms with van der Waals surface area (Å²) in [5.74, 6) is 1.15. The second-order valence-electron chi connectivity index (χ2n) is 7.54. The lowest BCUT2D eigenvalue weighted by molar-refractivity contribution is -0.114. The van der Waals surface area contributed by atoms with Crippen LogP contribution >= 0.6 is 0 Å². The van der Waals surface area contributed by atoms with Crippen LogP contribution in [0.15, 0.2) is 59.3 Å². The minimum absolute atomic E-state index is 0.214. The Kier molecular flexibility index (Phi) is 5.09. The fraction of sp³-hybridized carbons (Fsp3) is 0.273. The van der Waals surface area contributed by atoms with Crippen molar-refractivity contribution in [1.29, 1.82) is 0 Å². The van der Waals surface area contributed by atoms with Crippen LogP contribution in [0, 0.1) is 0 Å². The molecule has 1 aliphatic rings. The number of amides is 1. The lowest BCUT2D eigenvalue weighted by Gasteiger charge is -2.36.